The van der Waals surface area contributed by atoms with Crippen LogP contribution in [0.2, 0.25) is 0 Å². The van der Waals surface area contributed by atoms with E-state index in [0.29, 0.717) is 86.7 Å². The van der Waals surface area contributed by atoms with Gasteiger partial charge in [0.15, 0.2) is 23.0 Å². The normalized spacial score (nSPS) is 20.2. The topological polar surface area (TPSA) is 107 Å². The number of ketones is 1. The molecule has 10 heteroatoms. The Hall–Kier alpha value is -4.02. The number of ether oxygens (including phenoxy) is 5. The van der Waals surface area contributed by atoms with Crippen LogP contribution in [0.3, 0.4) is 0 Å². The Morgan fingerprint density at radius 3 is 2.54 bits per heavy atom. The lowest BCUT2D eigenvalue weighted by atomic mass is 9.94. The standard InChI is InChI=1S/C31H36N2O8/c1-3-14-39-23-8-6-21(19-25(23)38-4-2)28-27(29(34)22-7-9-24-26(20-22)41-18-17-40-24)30(35)31(36)33(28)11-5-10-32-12-15-37-16-13-32/h3,6-9,19-20,28,34H,1,4-5,10-18H2,2H3/t28-/m1/s1. The number of hydrogen-bond acceptors (Lipinski definition) is 9. The van der Waals surface area contributed by atoms with Crippen LogP contribution in [0.25, 0.3) is 5.76 Å². The minimum Gasteiger partial charge on any atom is -0.507 e. The molecule has 41 heavy (non-hydrogen) atoms. The van der Waals surface area contributed by atoms with E-state index in [9.17, 15) is 14.7 Å². The molecule has 10 nitrogen and oxygen atoms in total. The highest BCUT2D eigenvalue weighted by atomic mass is 16.6. The van der Waals surface area contributed by atoms with E-state index in [2.05, 4.69) is 11.5 Å². The van der Waals surface area contributed by atoms with Gasteiger partial charge in [-0.3, -0.25) is 14.5 Å². The number of aliphatic hydroxyl groups excluding tert-OH is 1. The molecule has 1 N–H and O–H groups in total. The predicted molar refractivity (Wildman–Crippen MR) is 152 cm³/mol. The third-order valence-electron chi connectivity index (χ3n) is 7.27. The van der Waals surface area contributed by atoms with Gasteiger partial charge in [0.25, 0.3) is 11.7 Å². The van der Waals surface area contributed by atoms with Crippen molar-refractivity contribution in [1.29, 1.82) is 0 Å². The smallest absolute Gasteiger partial charge is 0.295 e. The maximum absolute atomic E-state index is 13.5. The molecule has 218 valence electrons. The van der Waals surface area contributed by atoms with Crippen LogP contribution in [-0.4, -0.2) is 92.4 Å². The van der Waals surface area contributed by atoms with Gasteiger partial charge in [-0.2, -0.15) is 0 Å². The number of morpholine rings is 1. The number of fused-ring (bicyclic) bond motifs is 1. The van der Waals surface area contributed by atoms with Crippen molar-refractivity contribution in [2.24, 2.45) is 0 Å². The number of nitrogens with zero attached hydrogens (tertiary/aromatic N) is 2. The highest BCUT2D eigenvalue weighted by molar-refractivity contribution is 6.46. The van der Waals surface area contributed by atoms with E-state index in [1.807, 2.05) is 6.92 Å². The fraction of sp³-hybridized carbons (Fsp3) is 0.419. The van der Waals surface area contributed by atoms with Gasteiger partial charge in [0.2, 0.25) is 0 Å². The number of carbonyl (C=O) groups is 2. The number of benzene rings is 2. The summed E-state index contributed by atoms with van der Waals surface area (Å²) in [7, 11) is 0. The number of aliphatic hydroxyl groups is 1. The van der Waals surface area contributed by atoms with Crippen LogP contribution in [0.1, 0.15) is 30.5 Å². The first kappa shape index (κ1) is 28.5. The molecular weight excluding hydrogens is 528 g/mol. The van der Waals surface area contributed by atoms with Crippen molar-refractivity contribution in [3.63, 3.8) is 0 Å². The molecule has 2 aromatic rings. The first-order valence-electron chi connectivity index (χ1n) is 14.0. The number of Topliss-reactive ketones (excluding diaryl/α,β-unsaturated/α-hetero) is 1. The molecule has 2 saturated heterocycles. The van der Waals surface area contributed by atoms with E-state index < -0.39 is 17.7 Å². The van der Waals surface area contributed by atoms with Crippen LogP contribution in [0.4, 0.5) is 0 Å². The molecule has 0 bridgehead atoms. The first-order chi connectivity index (χ1) is 20.0. The van der Waals surface area contributed by atoms with Crippen LogP contribution in [-0.2, 0) is 14.3 Å². The second-order valence-electron chi connectivity index (χ2n) is 9.90. The lowest BCUT2D eigenvalue weighted by Gasteiger charge is -2.29. The summed E-state index contributed by atoms with van der Waals surface area (Å²) in [6, 6.07) is 9.47. The van der Waals surface area contributed by atoms with Crippen molar-refractivity contribution in [2.45, 2.75) is 19.4 Å². The maximum Gasteiger partial charge on any atom is 0.295 e. The van der Waals surface area contributed by atoms with Crippen molar-refractivity contribution >= 4 is 17.4 Å². The quantitative estimate of drug-likeness (QED) is 0.190. The summed E-state index contributed by atoms with van der Waals surface area (Å²) in [6.07, 6.45) is 2.30. The first-order valence-corrected chi connectivity index (χ1v) is 14.0. The lowest BCUT2D eigenvalue weighted by molar-refractivity contribution is -0.140. The SMILES string of the molecule is C=CCOc1ccc([C@@H]2C(=C(O)c3ccc4c(c3)OCCO4)C(=O)C(=O)N2CCCN2CCOCC2)cc1OCC. The average molecular weight is 565 g/mol. The Balaban J connectivity index is 1.53. The Kier molecular flexibility index (Phi) is 9.11. The molecule has 2 aromatic carbocycles. The van der Waals surface area contributed by atoms with E-state index >= 15 is 0 Å². The summed E-state index contributed by atoms with van der Waals surface area (Å²) in [5.74, 6) is 0.366. The highest BCUT2D eigenvalue weighted by Crippen LogP contribution is 2.43. The van der Waals surface area contributed by atoms with Crippen molar-refractivity contribution < 1.29 is 38.4 Å². The van der Waals surface area contributed by atoms with Gasteiger partial charge in [0.1, 0.15) is 25.6 Å². The molecule has 0 unspecified atom stereocenters. The molecule has 3 aliphatic rings. The number of likely N-dealkylation sites (tertiary alicyclic amines) is 1. The Morgan fingerprint density at radius 2 is 1.78 bits per heavy atom. The number of hydrogen-bond donors (Lipinski definition) is 1. The van der Waals surface area contributed by atoms with Crippen LogP contribution in [0.5, 0.6) is 23.0 Å². The Bertz CT molecular complexity index is 1320. The summed E-state index contributed by atoms with van der Waals surface area (Å²) >= 11 is 0. The van der Waals surface area contributed by atoms with Crippen molar-refractivity contribution in [1.82, 2.24) is 9.80 Å². The van der Waals surface area contributed by atoms with Crippen molar-refractivity contribution in [2.75, 3.05) is 65.8 Å². The minimum atomic E-state index is -0.819. The Labute approximate surface area is 239 Å². The van der Waals surface area contributed by atoms with Crippen LogP contribution < -0.4 is 18.9 Å². The molecule has 2 fully saturated rings. The minimum absolute atomic E-state index is 0.0141. The molecule has 0 saturated carbocycles. The second kappa shape index (κ2) is 13.1. The van der Waals surface area contributed by atoms with Crippen LogP contribution in [0, 0.1) is 0 Å². The molecule has 0 spiro atoms. The molecule has 1 amide bonds. The van der Waals surface area contributed by atoms with Gasteiger partial charge in [-0.1, -0.05) is 18.7 Å². The second-order valence-corrected chi connectivity index (χ2v) is 9.90. The third-order valence-corrected chi connectivity index (χ3v) is 7.27. The average Bonchev–Trinajstić information content (AvgIpc) is 3.25. The summed E-state index contributed by atoms with van der Waals surface area (Å²) < 4.78 is 28.3. The van der Waals surface area contributed by atoms with Gasteiger partial charge in [0, 0.05) is 31.7 Å². The van der Waals surface area contributed by atoms with Gasteiger partial charge in [-0.25, -0.2) is 0 Å². The van der Waals surface area contributed by atoms with Crippen LogP contribution >= 0.6 is 0 Å². The molecule has 1 atom stereocenters. The zero-order valence-electron chi connectivity index (χ0n) is 23.3. The zero-order chi connectivity index (χ0) is 28.8. The lowest BCUT2D eigenvalue weighted by Crippen LogP contribution is -2.39. The van der Waals surface area contributed by atoms with E-state index in [0.717, 1.165) is 19.6 Å². The third kappa shape index (κ3) is 6.18. The Morgan fingerprint density at radius 1 is 1.00 bits per heavy atom. The van der Waals surface area contributed by atoms with Crippen molar-refractivity contribution in [3.8, 4) is 23.0 Å². The summed E-state index contributed by atoms with van der Waals surface area (Å²) in [6.45, 7) is 11.2. The molecule has 3 heterocycles. The largest absolute Gasteiger partial charge is 0.507 e. The van der Waals surface area contributed by atoms with Gasteiger partial charge in [-0.05, 0) is 49.2 Å². The molecule has 3 aliphatic heterocycles. The monoisotopic (exact) mass is 564 g/mol. The molecule has 0 aliphatic carbocycles. The van der Waals surface area contributed by atoms with Gasteiger partial charge >= 0.3 is 0 Å². The van der Waals surface area contributed by atoms with Crippen molar-refractivity contribution in [3.05, 3.63) is 65.8 Å². The van der Waals surface area contributed by atoms with E-state index in [1.54, 1.807) is 47.4 Å². The van der Waals surface area contributed by atoms with Gasteiger partial charge < -0.3 is 33.7 Å². The van der Waals surface area contributed by atoms with E-state index in [4.69, 9.17) is 23.7 Å². The molecule has 0 radical (unpaired) electrons. The van der Waals surface area contributed by atoms with Crippen LogP contribution in [0.15, 0.2) is 54.6 Å². The van der Waals surface area contributed by atoms with Gasteiger partial charge in [0.05, 0.1) is 31.4 Å². The fourth-order valence-corrected chi connectivity index (χ4v) is 5.32. The van der Waals surface area contributed by atoms with E-state index in [1.165, 1.54) is 0 Å². The molecule has 0 aromatic heterocycles. The summed E-state index contributed by atoms with van der Waals surface area (Å²) in [5, 5.41) is 11.5. The number of carbonyl (C=O) groups excluding carboxylic acids is 2. The number of rotatable bonds is 11. The summed E-state index contributed by atoms with van der Waals surface area (Å²) in [4.78, 5) is 30.8. The molecule has 5 rings (SSSR count). The number of amides is 1. The zero-order valence-corrected chi connectivity index (χ0v) is 23.3. The van der Waals surface area contributed by atoms with Gasteiger partial charge in [-0.15, -0.1) is 0 Å². The maximum atomic E-state index is 13.5. The summed E-state index contributed by atoms with van der Waals surface area (Å²) in [5.41, 5.74) is 1.01. The van der Waals surface area contributed by atoms with E-state index in [-0.39, 0.29) is 11.3 Å². The highest BCUT2D eigenvalue weighted by Gasteiger charge is 2.46. The predicted octanol–water partition coefficient (Wildman–Crippen LogP) is 3.57. The fourth-order valence-electron chi connectivity index (χ4n) is 5.32. The molecular formula is C31H36N2O8.